The predicted octanol–water partition coefficient (Wildman–Crippen LogP) is 0.199. The molecule has 0 spiro atoms. The molecule has 0 aliphatic rings. The number of fused-ring (bicyclic) bond motifs is 1. The molecule has 1 atom stereocenters. The van der Waals surface area contributed by atoms with Crippen LogP contribution in [0.2, 0.25) is 0 Å². The van der Waals surface area contributed by atoms with Gasteiger partial charge in [-0.25, -0.2) is 25.7 Å². The van der Waals surface area contributed by atoms with Gasteiger partial charge in [0, 0.05) is 22.6 Å². The van der Waals surface area contributed by atoms with Crippen molar-refractivity contribution in [2.75, 3.05) is 18.9 Å². The van der Waals surface area contributed by atoms with Crippen molar-refractivity contribution < 1.29 is 9.32 Å². The van der Waals surface area contributed by atoms with Crippen molar-refractivity contribution in [2.45, 2.75) is 9.79 Å². The molecule has 0 saturated heterocycles. The number of benzene rings is 2. The van der Waals surface area contributed by atoms with Crippen LogP contribution in [-0.2, 0) is 11.0 Å². The van der Waals surface area contributed by atoms with Crippen LogP contribution in [0.3, 0.4) is 0 Å². The van der Waals surface area contributed by atoms with Crippen LogP contribution in [0.15, 0.2) is 45.2 Å². The molecular formula is C16H20N8O2S3. The van der Waals surface area contributed by atoms with E-state index in [1.54, 1.807) is 6.07 Å². The van der Waals surface area contributed by atoms with Crippen LogP contribution >= 0.6 is 23.3 Å². The van der Waals surface area contributed by atoms with Crippen molar-refractivity contribution in [3.8, 4) is 11.1 Å². The Bertz CT molecular complexity index is 1090. The summed E-state index contributed by atoms with van der Waals surface area (Å²) in [5.41, 5.74) is 16.6. The van der Waals surface area contributed by atoms with Crippen LogP contribution in [0.1, 0.15) is 5.56 Å². The lowest BCUT2D eigenvalue weighted by atomic mass is 9.98. The zero-order chi connectivity index (χ0) is 21.0. The van der Waals surface area contributed by atoms with Gasteiger partial charge in [0.15, 0.2) is 11.0 Å². The summed E-state index contributed by atoms with van der Waals surface area (Å²) in [6.07, 6.45) is 0. The van der Waals surface area contributed by atoms with E-state index in [0.29, 0.717) is 33.2 Å². The van der Waals surface area contributed by atoms with Crippen LogP contribution in [0.4, 0.5) is 5.13 Å². The number of thiazole rings is 1. The average molecular weight is 453 g/mol. The van der Waals surface area contributed by atoms with Gasteiger partial charge in [-0.3, -0.25) is 4.72 Å². The fourth-order valence-electron chi connectivity index (χ4n) is 2.81. The smallest absolute Gasteiger partial charge is 0.181 e. The minimum atomic E-state index is -1.89. The van der Waals surface area contributed by atoms with E-state index in [4.69, 9.17) is 27.6 Å². The first kappa shape index (κ1) is 21.4. The number of nitrogens with zero attached hydrogens (tertiary/aromatic N) is 2. The number of aliphatic hydroxyl groups is 1. The fourth-order valence-corrected chi connectivity index (χ4v) is 5.30. The molecule has 0 fully saturated rings. The standard InChI is InChI=1S/C16H20N8O2S3/c17-15(23-24-19)12-8(9-2-1-3-10-13(9)22-16(18)27-10)4-5-11(14(12)29(20)26)28-21-6-7-25/h1-5,21,24-25H,6-7,19-20H2,(H2,17,23)(H2,18,22). The van der Waals surface area contributed by atoms with Gasteiger partial charge >= 0.3 is 0 Å². The van der Waals surface area contributed by atoms with E-state index in [-0.39, 0.29) is 17.3 Å². The highest BCUT2D eigenvalue weighted by molar-refractivity contribution is 7.98. The Morgan fingerprint density at radius 1 is 1.31 bits per heavy atom. The highest BCUT2D eigenvalue weighted by atomic mass is 32.2. The topological polar surface area (TPSA) is 191 Å². The molecular weight excluding hydrogens is 432 g/mol. The van der Waals surface area contributed by atoms with E-state index >= 15 is 0 Å². The van der Waals surface area contributed by atoms with E-state index < -0.39 is 11.0 Å². The fraction of sp³-hybridized carbons (Fsp3) is 0.125. The monoisotopic (exact) mass is 452 g/mol. The number of amidine groups is 1. The first-order chi connectivity index (χ1) is 14.0. The molecule has 2 aromatic carbocycles. The Balaban J connectivity index is 2.30. The van der Waals surface area contributed by atoms with Gasteiger partial charge in [-0.15, -0.1) is 5.10 Å². The third-order valence-corrected chi connectivity index (χ3v) is 6.60. The van der Waals surface area contributed by atoms with Crippen molar-refractivity contribution in [3.05, 3.63) is 35.9 Å². The highest BCUT2D eigenvalue weighted by Gasteiger charge is 2.23. The second-order valence-electron chi connectivity index (χ2n) is 5.66. The van der Waals surface area contributed by atoms with E-state index in [0.717, 1.165) is 10.3 Å². The highest BCUT2D eigenvalue weighted by Crippen LogP contribution is 2.38. The number of aromatic nitrogens is 1. The molecule has 10 nitrogen and oxygen atoms in total. The maximum Gasteiger partial charge on any atom is 0.181 e. The summed E-state index contributed by atoms with van der Waals surface area (Å²) >= 11 is 2.55. The quantitative estimate of drug-likeness (QED) is 0.0624. The van der Waals surface area contributed by atoms with Gasteiger partial charge in [-0.2, -0.15) is 0 Å². The van der Waals surface area contributed by atoms with E-state index in [1.165, 1.54) is 23.3 Å². The van der Waals surface area contributed by atoms with Crippen molar-refractivity contribution in [1.82, 2.24) is 15.2 Å². The minimum Gasteiger partial charge on any atom is -0.395 e. The molecule has 13 heteroatoms. The number of nitrogen functional groups attached to an aromatic ring is 1. The van der Waals surface area contributed by atoms with Crippen LogP contribution in [0.25, 0.3) is 21.3 Å². The van der Waals surface area contributed by atoms with Gasteiger partial charge in [0.25, 0.3) is 0 Å². The van der Waals surface area contributed by atoms with Gasteiger partial charge in [-0.1, -0.05) is 29.5 Å². The third-order valence-electron chi connectivity index (χ3n) is 3.89. The molecule has 154 valence electrons. The number of hydrazine groups is 1. The van der Waals surface area contributed by atoms with Gasteiger partial charge in [0.2, 0.25) is 0 Å². The number of hydrogen-bond acceptors (Lipinski definition) is 10. The largest absolute Gasteiger partial charge is 0.395 e. The predicted molar refractivity (Wildman–Crippen MR) is 119 cm³/mol. The zero-order valence-corrected chi connectivity index (χ0v) is 17.5. The number of nitrogens with two attached hydrogens (primary N) is 4. The lowest BCUT2D eigenvalue weighted by Gasteiger charge is -2.17. The average Bonchev–Trinajstić information content (AvgIpc) is 3.08. The van der Waals surface area contributed by atoms with Crippen LogP contribution < -0.4 is 32.7 Å². The summed E-state index contributed by atoms with van der Waals surface area (Å²) in [4.78, 5) is 5.28. The Labute approximate surface area is 177 Å². The number of rotatable bonds is 8. The maximum absolute atomic E-state index is 12.5. The molecule has 11 N–H and O–H groups in total. The van der Waals surface area contributed by atoms with E-state index in [1.807, 2.05) is 24.3 Å². The van der Waals surface area contributed by atoms with Crippen molar-refractivity contribution in [1.29, 1.82) is 0 Å². The molecule has 1 heterocycles. The minimum absolute atomic E-state index is 0.0149. The van der Waals surface area contributed by atoms with Crippen LogP contribution in [0, 0.1) is 0 Å². The first-order valence-electron chi connectivity index (χ1n) is 8.26. The molecule has 3 aromatic rings. The molecule has 0 bridgehead atoms. The number of hydrazone groups is 1. The second kappa shape index (κ2) is 9.49. The number of nitrogens with one attached hydrogen (secondary N) is 2. The summed E-state index contributed by atoms with van der Waals surface area (Å²) in [5.74, 6) is 5.33. The Morgan fingerprint density at radius 2 is 2.10 bits per heavy atom. The van der Waals surface area contributed by atoms with Crippen molar-refractivity contribution in [2.24, 2.45) is 21.8 Å². The molecule has 1 aromatic heterocycles. The number of hydrogen-bond donors (Lipinski definition) is 7. The number of para-hydroxylation sites is 1. The number of aliphatic hydroxyl groups excluding tert-OH is 1. The van der Waals surface area contributed by atoms with E-state index in [2.05, 4.69) is 20.3 Å². The van der Waals surface area contributed by atoms with Crippen molar-refractivity contribution in [3.63, 3.8) is 0 Å². The Kier molecular flexibility index (Phi) is 7.02. The molecule has 1 unspecified atom stereocenters. The summed E-state index contributed by atoms with van der Waals surface area (Å²) in [7, 11) is -1.89. The normalized spacial score (nSPS) is 13.0. The summed E-state index contributed by atoms with van der Waals surface area (Å²) < 4.78 is 16.3. The summed E-state index contributed by atoms with van der Waals surface area (Å²) in [6.45, 7) is 0.288. The second-order valence-corrected chi connectivity index (χ2v) is 8.66. The van der Waals surface area contributed by atoms with Crippen LogP contribution in [0.5, 0.6) is 0 Å². The molecule has 0 aliphatic heterocycles. The van der Waals surface area contributed by atoms with E-state index in [9.17, 15) is 4.21 Å². The van der Waals surface area contributed by atoms with Gasteiger partial charge in [0.05, 0.1) is 21.7 Å². The molecule has 3 rings (SSSR count). The lowest BCUT2D eigenvalue weighted by Crippen LogP contribution is -2.26. The molecule has 0 saturated carbocycles. The van der Waals surface area contributed by atoms with Crippen LogP contribution in [-0.4, -0.2) is 33.3 Å². The third kappa shape index (κ3) is 4.51. The summed E-state index contributed by atoms with van der Waals surface area (Å²) in [6, 6.07) is 9.24. The number of anilines is 1. The van der Waals surface area contributed by atoms with Gasteiger partial charge in [0.1, 0.15) is 11.0 Å². The molecule has 29 heavy (non-hydrogen) atoms. The molecule has 0 aliphatic carbocycles. The maximum atomic E-state index is 12.5. The van der Waals surface area contributed by atoms with Crippen molar-refractivity contribution >= 4 is 55.5 Å². The van der Waals surface area contributed by atoms with Gasteiger partial charge < -0.3 is 16.6 Å². The molecule has 0 amide bonds. The SMILES string of the molecule is NN/N=C(\N)c1c(-c2cccc3sc(N)nc23)ccc(SNCCO)c1S(N)=O. The molecule has 0 radical (unpaired) electrons. The zero-order valence-electron chi connectivity index (χ0n) is 15.1. The Hall–Kier alpha value is -2.26. The summed E-state index contributed by atoms with van der Waals surface area (Å²) in [5, 5.41) is 19.1. The first-order valence-corrected chi connectivity index (χ1v) is 11.1. The lowest BCUT2D eigenvalue weighted by molar-refractivity contribution is 0.302. The van der Waals surface area contributed by atoms with Gasteiger partial charge in [-0.05, 0) is 29.6 Å². The Morgan fingerprint density at radius 3 is 2.79 bits per heavy atom.